The van der Waals surface area contributed by atoms with Gasteiger partial charge in [0.15, 0.2) is 0 Å². The zero-order chi connectivity index (χ0) is 16.8. The number of hydrogen-bond donors (Lipinski definition) is 2. The van der Waals surface area contributed by atoms with Gasteiger partial charge in [-0.3, -0.25) is 14.4 Å². The lowest BCUT2D eigenvalue weighted by Crippen LogP contribution is -2.58. The first-order valence-corrected chi connectivity index (χ1v) is 6.93. The van der Waals surface area contributed by atoms with Crippen LogP contribution in [0.2, 0.25) is 0 Å². The summed E-state index contributed by atoms with van der Waals surface area (Å²) in [7, 11) is 0. The molecular formula is C14H26N2O5. The van der Waals surface area contributed by atoms with Crippen molar-refractivity contribution < 1.29 is 24.3 Å². The summed E-state index contributed by atoms with van der Waals surface area (Å²) in [5.41, 5.74) is -1.98. The molecule has 0 spiro atoms. The van der Waals surface area contributed by atoms with Crippen LogP contribution >= 0.6 is 0 Å². The van der Waals surface area contributed by atoms with Crippen molar-refractivity contribution in [2.45, 2.75) is 71.6 Å². The molecule has 0 fully saturated rings. The van der Waals surface area contributed by atoms with Crippen LogP contribution in [0.3, 0.4) is 0 Å². The first-order valence-electron chi connectivity index (χ1n) is 6.93. The molecule has 0 aromatic carbocycles. The predicted molar refractivity (Wildman–Crippen MR) is 77.3 cm³/mol. The van der Waals surface area contributed by atoms with Crippen LogP contribution in [0.15, 0.2) is 0 Å². The largest absolute Gasteiger partial charge is 0.480 e. The molecule has 0 aliphatic heterocycles. The molecule has 0 aliphatic rings. The van der Waals surface area contributed by atoms with Crippen LogP contribution in [-0.4, -0.2) is 45.6 Å². The Labute approximate surface area is 125 Å². The maximum atomic E-state index is 12.3. The molecule has 0 aromatic rings. The zero-order valence-electron chi connectivity index (χ0n) is 13.6. The number of rotatable bonds is 8. The van der Waals surface area contributed by atoms with Gasteiger partial charge in [0, 0.05) is 0 Å². The Bertz CT molecular complexity index is 387. The molecule has 0 saturated heterocycles. The highest BCUT2D eigenvalue weighted by Gasteiger charge is 2.39. The summed E-state index contributed by atoms with van der Waals surface area (Å²) in [5.74, 6) is -1.69. The van der Waals surface area contributed by atoms with Gasteiger partial charge < -0.3 is 10.4 Å². The molecular weight excluding hydrogens is 276 g/mol. The number of carboxylic acid groups (broad SMARTS) is 1. The van der Waals surface area contributed by atoms with Crippen molar-refractivity contribution in [3.05, 3.63) is 0 Å². The van der Waals surface area contributed by atoms with Gasteiger partial charge in [0.05, 0.1) is 5.60 Å². The molecule has 7 nitrogen and oxygen atoms in total. The molecule has 7 heteroatoms. The minimum atomic E-state index is -1.32. The van der Waals surface area contributed by atoms with Crippen LogP contribution in [0.5, 0.6) is 0 Å². The van der Waals surface area contributed by atoms with Crippen molar-refractivity contribution in [2.75, 3.05) is 0 Å². The normalized spacial score (nSPS) is 13.4. The third-order valence-corrected chi connectivity index (χ3v) is 2.76. The second kappa shape index (κ2) is 7.40. The lowest BCUT2D eigenvalue weighted by atomic mass is 10.0. The van der Waals surface area contributed by atoms with Gasteiger partial charge in [0.1, 0.15) is 11.6 Å². The van der Waals surface area contributed by atoms with Crippen LogP contribution in [0, 0.1) is 0 Å². The summed E-state index contributed by atoms with van der Waals surface area (Å²) >= 11 is 0. The van der Waals surface area contributed by atoms with Gasteiger partial charge in [-0.25, -0.2) is 9.86 Å². The number of nitrogens with one attached hydrogen (secondary N) is 1. The van der Waals surface area contributed by atoms with Crippen molar-refractivity contribution in [1.29, 1.82) is 0 Å². The van der Waals surface area contributed by atoms with E-state index in [2.05, 4.69) is 5.32 Å². The summed E-state index contributed by atoms with van der Waals surface area (Å²) < 4.78 is 0. The molecule has 0 heterocycles. The van der Waals surface area contributed by atoms with Crippen molar-refractivity contribution in [3.63, 3.8) is 0 Å². The second-order valence-electron chi connectivity index (χ2n) is 6.35. The van der Waals surface area contributed by atoms with E-state index in [1.54, 1.807) is 20.8 Å². The average Bonchev–Trinajstić information content (AvgIpc) is 2.33. The lowest BCUT2D eigenvalue weighted by molar-refractivity contribution is -0.247. The Morgan fingerprint density at radius 1 is 1.29 bits per heavy atom. The SMILES string of the molecule is CCC[C@@H](NC(=O)C(C)(C)N(C=O)OC(C)(C)C)C(=O)O. The maximum absolute atomic E-state index is 12.3. The Morgan fingerprint density at radius 2 is 1.81 bits per heavy atom. The number of hydrogen-bond acceptors (Lipinski definition) is 4. The van der Waals surface area contributed by atoms with Gasteiger partial charge in [-0.2, -0.15) is 0 Å². The standard InChI is InChI=1S/C14H26N2O5/c1-7-8-10(11(18)19)15-12(20)14(5,6)16(9-17)21-13(2,3)4/h9-10H,7-8H2,1-6H3,(H,15,20)(H,18,19)/t10-/m1/s1. The molecule has 2 amide bonds. The Kier molecular flexibility index (Phi) is 6.82. The molecule has 0 radical (unpaired) electrons. The number of nitrogens with zero attached hydrogens (tertiary/aromatic N) is 1. The van der Waals surface area contributed by atoms with Gasteiger partial charge in [-0.15, -0.1) is 0 Å². The molecule has 0 unspecified atom stereocenters. The molecule has 1 atom stereocenters. The van der Waals surface area contributed by atoms with Crippen LogP contribution in [-0.2, 0) is 19.2 Å². The Morgan fingerprint density at radius 3 is 2.14 bits per heavy atom. The average molecular weight is 302 g/mol. The van der Waals surface area contributed by atoms with Gasteiger partial charge in [-0.05, 0) is 41.0 Å². The third kappa shape index (κ3) is 6.12. The van der Waals surface area contributed by atoms with Crippen molar-refractivity contribution in [2.24, 2.45) is 0 Å². The molecule has 122 valence electrons. The van der Waals surface area contributed by atoms with Crippen LogP contribution in [0.4, 0.5) is 0 Å². The van der Waals surface area contributed by atoms with E-state index in [0.717, 1.165) is 5.06 Å². The highest BCUT2D eigenvalue weighted by Crippen LogP contribution is 2.19. The van der Waals surface area contributed by atoms with Crippen LogP contribution < -0.4 is 5.32 Å². The summed E-state index contributed by atoms with van der Waals surface area (Å²) in [5, 5.41) is 12.4. The second-order valence-corrected chi connectivity index (χ2v) is 6.35. The molecule has 0 aromatic heterocycles. The highest BCUT2D eigenvalue weighted by molar-refractivity contribution is 5.90. The Hall–Kier alpha value is -1.63. The topological polar surface area (TPSA) is 95.9 Å². The van der Waals surface area contributed by atoms with Crippen LogP contribution in [0.25, 0.3) is 0 Å². The van der Waals surface area contributed by atoms with E-state index in [9.17, 15) is 14.4 Å². The van der Waals surface area contributed by atoms with Gasteiger partial charge in [-0.1, -0.05) is 13.3 Å². The van der Waals surface area contributed by atoms with Gasteiger partial charge in [0.2, 0.25) is 12.3 Å². The minimum absolute atomic E-state index is 0.318. The molecule has 0 saturated carbocycles. The van der Waals surface area contributed by atoms with Crippen molar-refractivity contribution >= 4 is 18.3 Å². The monoisotopic (exact) mass is 302 g/mol. The first-order chi connectivity index (χ1) is 9.45. The maximum Gasteiger partial charge on any atom is 0.326 e. The highest BCUT2D eigenvalue weighted by atomic mass is 16.7. The minimum Gasteiger partial charge on any atom is -0.480 e. The van der Waals surface area contributed by atoms with Crippen LogP contribution in [0.1, 0.15) is 54.4 Å². The molecule has 0 bridgehead atoms. The number of aliphatic carboxylic acids is 1. The molecule has 0 rings (SSSR count). The summed E-state index contributed by atoms with van der Waals surface area (Å²) in [6.07, 6.45) is 1.35. The third-order valence-electron chi connectivity index (χ3n) is 2.76. The van der Waals surface area contributed by atoms with E-state index in [1.165, 1.54) is 13.8 Å². The fourth-order valence-electron chi connectivity index (χ4n) is 1.54. The number of carbonyl (C=O) groups excluding carboxylic acids is 2. The summed E-state index contributed by atoms with van der Waals surface area (Å²) in [6, 6.07) is -0.982. The van der Waals surface area contributed by atoms with Crippen molar-refractivity contribution in [3.8, 4) is 0 Å². The number of amides is 2. The summed E-state index contributed by atoms with van der Waals surface area (Å²) in [6.45, 7) is 10.0. The van der Waals surface area contributed by atoms with E-state index in [1.807, 2.05) is 6.92 Å². The molecule has 2 N–H and O–H groups in total. The number of carbonyl (C=O) groups is 3. The fourth-order valence-corrected chi connectivity index (χ4v) is 1.54. The molecule has 21 heavy (non-hydrogen) atoms. The van der Waals surface area contributed by atoms with E-state index in [-0.39, 0.29) is 0 Å². The predicted octanol–water partition coefficient (Wildman–Crippen LogP) is 1.32. The fraction of sp³-hybridized carbons (Fsp3) is 0.786. The van der Waals surface area contributed by atoms with Gasteiger partial charge >= 0.3 is 5.97 Å². The lowest BCUT2D eigenvalue weighted by Gasteiger charge is -2.37. The van der Waals surface area contributed by atoms with Crippen molar-refractivity contribution in [1.82, 2.24) is 10.4 Å². The summed E-state index contributed by atoms with van der Waals surface area (Å²) in [4.78, 5) is 40.0. The first kappa shape index (κ1) is 19.4. The van der Waals surface area contributed by atoms with E-state index in [0.29, 0.717) is 19.3 Å². The zero-order valence-corrected chi connectivity index (χ0v) is 13.6. The van der Waals surface area contributed by atoms with E-state index in [4.69, 9.17) is 9.94 Å². The van der Waals surface area contributed by atoms with Gasteiger partial charge in [0.25, 0.3) is 0 Å². The number of hydroxylamine groups is 2. The Balaban J connectivity index is 5.06. The smallest absolute Gasteiger partial charge is 0.326 e. The number of carboxylic acids is 1. The molecule has 0 aliphatic carbocycles. The van der Waals surface area contributed by atoms with E-state index < -0.39 is 29.1 Å². The quantitative estimate of drug-likeness (QED) is 0.521. The van der Waals surface area contributed by atoms with E-state index >= 15 is 0 Å².